The lowest BCUT2D eigenvalue weighted by Gasteiger charge is -2.35. The number of amides is 1. The molecule has 1 aliphatic rings. The first-order valence-corrected chi connectivity index (χ1v) is 12.4. The predicted molar refractivity (Wildman–Crippen MR) is 148 cm³/mol. The van der Waals surface area contributed by atoms with Crippen LogP contribution >= 0.6 is 0 Å². The number of carbonyl (C=O) groups excluding carboxylic acids is 1. The van der Waals surface area contributed by atoms with Gasteiger partial charge in [-0.25, -0.2) is 9.37 Å². The first-order chi connectivity index (χ1) is 18.4. The van der Waals surface area contributed by atoms with Gasteiger partial charge in [0.05, 0.1) is 11.1 Å². The molecule has 0 atom stereocenters. The highest BCUT2D eigenvalue weighted by Gasteiger charge is 2.19. The molecule has 0 aliphatic carbocycles. The minimum absolute atomic E-state index is 0.219. The minimum atomic E-state index is -0.331. The van der Waals surface area contributed by atoms with Crippen LogP contribution in [0.1, 0.15) is 6.92 Å². The summed E-state index contributed by atoms with van der Waals surface area (Å²) < 4.78 is 16.8. The Morgan fingerprint density at radius 2 is 1.92 bits per heavy atom. The molecule has 1 amide bonds. The second kappa shape index (κ2) is 10.8. The van der Waals surface area contributed by atoms with Crippen LogP contribution in [0.4, 0.5) is 27.4 Å². The second-order valence-electron chi connectivity index (χ2n) is 8.94. The molecule has 2 aromatic carbocycles. The summed E-state index contributed by atoms with van der Waals surface area (Å²) in [4.78, 5) is 37.5. The largest absolute Gasteiger partial charge is 0.367 e. The monoisotopic (exact) mass is 513 g/mol. The lowest BCUT2D eigenvalue weighted by atomic mass is 10.2. The molecule has 3 heterocycles. The van der Waals surface area contributed by atoms with Crippen molar-refractivity contribution < 1.29 is 9.18 Å². The summed E-state index contributed by atoms with van der Waals surface area (Å²) in [7, 11) is 0. The number of hydrogen-bond donors (Lipinski definition) is 2. The molecule has 2 N–H and O–H groups in total. The van der Waals surface area contributed by atoms with Crippen molar-refractivity contribution in [3.05, 3.63) is 89.6 Å². The highest BCUT2D eigenvalue weighted by molar-refractivity contribution is 5.99. The Labute approximate surface area is 219 Å². The van der Waals surface area contributed by atoms with Crippen molar-refractivity contribution in [2.75, 3.05) is 48.3 Å². The Kier molecular flexibility index (Phi) is 7.14. The number of nitrogens with one attached hydrogen (secondary N) is 2. The van der Waals surface area contributed by atoms with Crippen LogP contribution in [-0.4, -0.2) is 58.1 Å². The molecule has 38 heavy (non-hydrogen) atoms. The quantitative estimate of drug-likeness (QED) is 0.362. The fraction of sp³-hybridized carbons (Fsp3) is 0.214. The van der Waals surface area contributed by atoms with E-state index >= 15 is 4.39 Å². The predicted octanol–water partition coefficient (Wildman–Crippen LogP) is 3.93. The Morgan fingerprint density at radius 3 is 2.66 bits per heavy atom. The number of nitrogens with zero attached hydrogens (tertiary/aromatic N) is 5. The summed E-state index contributed by atoms with van der Waals surface area (Å²) >= 11 is 0. The Balaban J connectivity index is 1.43. The maximum atomic E-state index is 15.0. The topological polar surface area (TPSA) is 95.4 Å². The molecule has 0 saturated carbocycles. The first kappa shape index (κ1) is 25.1. The maximum absolute atomic E-state index is 15.0. The lowest BCUT2D eigenvalue weighted by molar-refractivity contribution is -0.111. The summed E-state index contributed by atoms with van der Waals surface area (Å²) in [6.45, 7) is 9.97. The number of halogens is 1. The number of fused-ring (bicyclic) bond motifs is 1. The summed E-state index contributed by atoms with van der Waals surface area (Å²) in [6.07, 6.45) is 4.25. The van der Waals surface area contributed by atoms with E-state index in [4.69, 9.17) is 0 Å². The maximum Gasteiger partial charge on any atom is 0.247 e. The molecule has 1 fully saturated rings. The van der Waals surface area contributed by atoms with Gasteiger partial charge in [-0.05, 0) is 49.0 Å². The number of aromatic nitrogens is 3. The third kappa shape index (κ3) is 5.25. The van der Waals surface area contributed by atoms with Crippen LogP contribution in [0.3, 0.4) is 0 Å². The number of piperazine rings is 1. The third-order valence-electron chi connectivity index (χ3n) is 6.58. The third-order valence-corrected chi connectivity index (χ3v) is 6.58. The number of anilines is 4. The van der Waals surface area contributed by atoms with Crippen molar-refractivity contribution in [2.45, 2.75) is 6.92 Å². The van der Waals surface area contributed by atoms with E-state index in [1.165, 1.54) is 24.4 Å². The van der Waals surface area contributed by atoms with Gasteiger partial charge in [-0.2, -0.15) is 4.98 Å². The fourth-order valence-corrected chi connectivity index (χ4v) is 4.50. The van der Waals surface area contributed by atoms with Gasteiger partial charge in [0, 0.05) is 61.7 Å². The summed E-state index contributed by atoms with van der Waals surface area (Å²) in [5, 5.41) is 6.10. The Bertz CT molecular complexity index is 1560. The summed E-state index contributed by atoms with van der Waals surface area (Å²) in [6, 6.07) is 13.5. The molecule has 1 aliphatic heterocycles. The summed E-state index contributed by atoms with van der Waals surface area (Å²) in [5.41, 5.74) is 2.46. The second-order valence-corrected chi connectivity index (χ2v) is 8.94. The van der Waals surface area contributed by atoms with Crippen LogP contribution < -0.4 is 21.0 Å². The molecule has 5 rings (SSSR count). The summed E-state index contributed by atoms with van der Waals surface area (Å²) in [5.74, 6) is -0.435. The first-order valence-electron chi connectivity index (χ1n) is 12.4. The molecule has 10 heteroatoms. The number of pyridine rings is 1. The highest BCUT2D eigenvalue weighted by Crippen LogP contribution is 2.26. The van der Waals surface area contributed by atoms with Crippen molar-refractivity contribution in [1.82, 2.24) is 19.4 Å². The van der Waals surface area contributed by atoms with E-state index in [1.54, 1.807) is 41.1 Å². The average Bonchev–Trinajstić information content (AvgIpc) is 2.93. The minimum Gasteiger partial charge on any atom is -0.367 e. The smallest absolute Gasteiger partial charge is 0.247 e. The standard InChI is InChI=1S/C28H28FN7O2/c1-3-26(38)31-19-6-5-7-21(16-19)36-11-10-25(37)22-18-30-28(33-27(22)36)32-20-8-9-24(23(29)17-20)35-14-12-34(4-2)13-15-35/h3,5-11,16-18H,1,4,12-15H2,2H3,(H,31,38)(H,30,32,33). The number of hydrogen-bond acceptors (Lipinski definition) is 7. The number of rotatable bonds is 7. The molecule has 9 nitrogen and oxygen atoms in total. The van der Waals surface area contributed by atoms with E-state index in [0.29, 0.717) is 33.8 Å². The number of likely N-dealkylation sites (N-methyl/N-ethyl adjacent to an activating group) is 1. The Morgan fingerprint density at radius 1 is 1.11 bits per heavy atom. The normalized spacial score (nSPS) is 13.9. The van der Waals surface area contributed by atoms with Crippen LogP contribution in [0.15, 0.2) is 78.4 Å². The van der Waals surface area contributed by atoms with Gasteiger partial charge in [-0.1, -0.05) is 19.6 Å². The van der Waals surface area contributed by atoms with Crippen LogP contribution in [0, 0.1) is 5.82 Å². The molecule has 0 radical (unpaired) electrons. The lowest BCUT2D eigenvalue weighted by Crippen LogP contribution is -2.46. The zero-order valence-electron chi connectivity index (χ0n) is 21.0. The van der Waals surface area contributed by atoms with Gasteiger partial charge in [0.2, 0.25) is 11.9 Å². The fourth-order valence-electron chi connectivity index (χ4n) is 4.50. The van der Waals surface area contributed by atoms with Crippen LogP contribution in [-0.2, 0) is 4.79 Å². The Hall–Kier alpha value is -4.57. The van der Waals surface area contributed by atoms with Gasteiger partial charge >= 0.3 is 0 Å². The van der Waals surface area contributed by atoms with E-state index in [1.807, 2.05) is 6.07 Å². The SMILES string of the molecule is C=CC(=O)Nc1cccc(-n2ccc(=O)c3cnc(Nc4ccc(N5CCN(CC)CC5)c(F)c4)nc32)c1. The van der Waals surface area contributed by atoms with Crippen LogP contribution in [0.5, 0.6) is 0 Å². The molecule has 0 spiro atoms. The van der Waals surface area contributed by atoms with E-state index in [-0.39, 0.29) is 23.1 Å². The van der Waals surface area contributed by atoms with Crippen LogP contribution in [0.25, 0.3) is 16.7 Å². The highest BCUT2D eigenvalue weighted by atomic mass is 19.1. The van der Waals surface area contributed by atoms with Gasteiger partial charge in [0.1, 0.15) is 5.82 Å². The zero-order chi connectivity index (χ0) is 26.6. The molecule has 0 unspecified atom stereocenters. The molecule has 0 bridgehead atoms. The van der Waals surface area contributed by atoms with Crippen molar-refractivity contribution in [3.63, 3.8) is 0 Å². The molecule has 194 valence electrons. The van der Waals surface area contributed by atoms with Gasteiger partial charge < -0.3 is 25.0 Å². The van der Waals surface area contributed by atoms with E-state index in [0.717, 1.165) is 32.7 Å². The molecule has 4 aromatic rings. The van der Waals surface area contributed by atoms with Crippen molar-refractivity contribution in [1.29, 1.82) is 0 Å². The molecule has 2 aromatic heterocycles. The van der Waals surface area contributed by atoms with Crippen molar-refractivity contribution >= 4 is 40.0 Å². The number of benzene rings is 2. The van der Waals surface area contributed by atoms with Gasteiger partial charge in [0.15, 0.2) is 11.1 Å². The van der Waals surface area contributed by atoms with Gasteiger partial charge in [0.25, 0.3) is 0 Å². The average molecular weight is 514 g/mol. The van der Waals surface area contributed by atoms with E-state index < -0.39 is 0 Å². The van der Waals surface area contributed by atoms with E-state index in [9.17, 15) is 9.59 Å². The molecular formula is C28H28FN7O2. The molecule has 1 saturated heterocycles. The van der Waals surface area contributed by atoms with Gasteiger partial charge in [-0.15, -0.1) is 0 Å². The van der Waals surface area contributed by atoms with Crippen molar-refractivity contribution in [3.8, 4) is 5.69 Å². The van der Waals surface area contributed by atoms with E-state index in [2.05, 4.69) is 43.9 Å². The van der Waals surface area contributed by atoms with Crippen molar-refractivity contribution in [2.24, 2.45) is 0 Å². The zero-order valence-corrected chi connectivity index (χ0v) is 21.0. The molecular weight excluding hydrogens is 485 g/mol. The number of carbonyl (C=O) groups is 1. The van der Waals surface area contributed by atoms with Crippen LogP contribution in [0.2, 0.25) is 0 Å². The van der Waals surface area contributed by atoms with Gasteiger partial charge in [-0.3, -0.25) is 9.59 Å².